The van der Waals surface area contributed by atoms with E-state index in [2.05, 4.69) is 5.92 Å². The van der Waals surface area contributed by atoms with Gasteiger partial charge < -0.3 is 0 Å². The molecular weight excluding hydrogens is 325 g/mol. The third-order valence-corrected chi connectivity index (χ3v) is 5.44. The Bertz CT molecular complexity index is 745. The number of halogens is 1. The van der Waals surface area contributed by atoms with E-state index in [1.165, 1.54) is 4.31 Å². The van der Waals surface area contributed by atoms with Gasteiger partial charge in [0.25, 0.3) is 5.69 Å². The van der Waals surface area contributed by atoms with Crippen LogP contribution < -0.4 is 0 Å². The van der Waals surface area contributed by atoms with Crippen LogP contribution in [-0.2, 0) is 10.0 Å². The highest BCUT2D eigenvalue weighted by Gasteiger charge is 2.28. The van der Waals surface area contributed by atoms with E-state index in [1.54, 1.807) is 0 Å². The molecule has 7 nitrogen and oxygen atoms in total. The van der Waals surface area contributed by atoms with E-state index in [0.717, 1.165) is 12.1 Å². The summed E-state index contributed by atoms with van der Waals surface area (Å²) in [6, 6.07) is 2.37. The minimum Gasteiger partial charge on any atom is -0.291 e. The third kappa shape index (κ3) is 4.04. The monoisotopic (exact) mass is 341 g/mol. The van der Waals surface area contributed by atoms with E-state index in [9.17, 15) is 22.9 Å². The molecule has 0 saturated carbocycles. The van der Waals surface area contributed by atoms with Crippen LogP contribution in [0.3, 0.4) is 0 Å². The molecule has 1 heterocycles. The van der Waals surface area contributed by atoms with Gasteiger partial charge in [-0.25, -0.2) is 12.8 Å². The number of nitro benzene ring substituents is 1. The van der Waals surface area contributed by atoms with Crippen molar-refractivity contribution in [3.05, 3.63) is 34.1 Å². The van der Waals surface area contributed by atoms with Crippen molar-refractivity contribution in [2.45, 2.75) is 11.3 Å². The molecule has 23 heavy (non-hydrogen) atoms. The predicted molar refractivity (Wildman–Crippen MR) is 81.7 cm³/mol. The Hall–Kier alpha value is -2.02. The van der Waals surface area contributed by atoms with Gasteiger partial charge in [-0.2, -0.15) is 4.31 Å². The molecule has 0 N–H and O–H groups in total. The molecule has 1 aromatic carbocycles. The molecule has 1 aliphatic heterocycles. The van der Waals surface area contributed by atoms with Crippen molar-refractivity contribution in [1.82, 2.24) is 9.21 Å². The second kappa shape index (κ2) is 7.04. The highest BCUT2D eigenvalue weighted by atomic mass is 32.2. The molecule has 0 spiro atoms. The van der Waals surface area contributed by atoms with Crippen molar-refractivity contribution in [3.63, 3.8) is 0 Å². The minimum absolute atomic E-state index is 0.203. The van der Waals surface area contributed by atoms with Crippen LogP contribution in [0, 0.1) is 28.3 Å². The smallest absolute Gasteiger partial charge is 0.273 e. The fourth-order valence-electron chi connectivity index (χ4n) is 2.43. The number of hydrogen-bond acceptors (Lipinski definition) is 5. The first-order valence-electron chi connectivity index (χ1n) is 6.95. The zero-order valence-electron chi connectivity index (χ0n) is 12.3. The summed E-state index contributed by atoms with van der Waals surface area (Å²) in [5, 5.41) is 10.8. The van der Waals surface area contributed by atoms with E-state index in [0.29, 0.717) is 32.1 Å². The number of terminal acetylenes is 1. The van der Waals surface area contributed by atoms with E-state index in [4.69, 9.17) is 6.42 Å². The van der Waals surface area contributed by atoms with Crippen molar-refractivity contribution in [3.8, 4) is 12.3 Å². The average molecular weight is 341 g/mol. The van der Waals surface area contributed by atoms with Gasteiger partial charge in [0, 0.05) is 32.2 Å². The van der Waals surface area contributed by atoms with Gasteiger partial charge in [-0.15, -0.1) is 6.42 Å². The largest absolute Gasteiger partial charge is 0.291 e. The van der Waals surface area contributed by atoms with Gasteiger partial charge in [0.2, 0.25) is 10.0 Å². The maximum absolute atomic E-state index is 13.5. The van der Waals surface area contributed by atoms with Gasteiger partial charge in [0.05, 0.1) is 22.4 Å². The average Bonchev–Trinajstić information content (AvgIpc) is 2.73. The number of non-ortho nitro benzene ring substituents is 1. The van der Waals surface area contributed by atoms with E-state index in [-0.39, 0.29) is 13.1 Å². The number of benzene rings is 1. The summed E-state index contributed by atoms with van der Waals surface area (Å²) < 4.78 is 39.9. The fourth-order valence-corrected chi connectivity index (χ4v) is 3.95. The zero-order valence-corrected chi connectivity index (χ0v) is 13.1. The highest BCUT2D eigenvalue weighted by molar-refractivity contribution is 7.89. The standard InChI is InChI=1S/C14H16FN3O4S/c1-2-4-16-5-3-6-17(8-7-16)23(21,22)14-10-12(15)9-13(11-14)18(19)20/h1,9-11H,3-8H2. The molecule has 1 aliphatic rings. The molecule has 0 radical (unpaired) electrons. The van der Waals surface area contributed by atoms with Gasteiger partial charge in [-0.05, 0) is 12.5 Å². The molecule has 0 unspecified atom stereocenters. The number of hydrogen-bond donors (Lipinski definition) is 0. The molecule has 0 bridgehead atoms. The van der Waals surface area contributed by atoms with Crippen LogP contribution in [0.1, 0.15) is 6.42 Å². The summed E-state index contributed by atoms with van der Waals surface area (Å²) >= 11 is 0. The lowest BCUT2D eigenvalue weighted by Gasteiger charge is -2.20. The van der Waals surface area contributed by atoms with Gasteiger partial charge in [-0.3, -0.25) is 15.0 Å². The van der Waals surface area contributed by atoms with Crippen LogP contribution in [0.4, 0.5) is 10.1 Å². The van der Waals surface area contributed by atoms with Crippen LogP contribution in [0.25, 0.3) is 0 Å². The summed E-state index contributed by atoms with van der Waals surface area (Å²) in [4.78, 5) is 11.5. The molecule has 1 fully saturated rings. The van der Waals surface area contributed by atoms with Crippen LogP contribution in [0.5, 0.6) is 0 Å². The molecule has 1 saturated heterocycles. The first-order valence-corrected chi connectivity index (χ1v) is 8.39. The Balaban J connectivity index is 2.28. The number of nitro groups is 1. The van der Waals surface area contributed by atoms with Crippen molar-refractivity contribution in [2.24, 2.45) is 0 Å². The van der Waals surface area contributed by atoms with Crippen LogP contribution in [0.15, 0.2) is 23.1 Å². The molecular formula is C14H16FN3O4S. The summed E-state index contributed by atoms with van der Waals surface area (Å²) in [5.74, 6) is 1.55. The lowest BCUT2D eigenvalue weighted by Crippen LogP contribution is -2.35. The van der Waals surface area contributed by atoms with Crippen molar-refractivity contribution >= 4 is 15.7 Å². The Morgan fingerprint density at radius 2 is 2.00 bits per heavy atom. The lowest BCUT2D eigenvalue weighted by molar-refractivity contribution is -0.385. The lowest BCUT2D eigenvalue weighted by atomic mass is 10.3. The van der Waals surface area contributed by atoms with Crippen molar-refractivity contribution in [2.75, 3.05) is 32.7 Å². The summed E-state index contributed by atoms with van der Waals surface area (Å²) in [7, 11) is -3.99. The fraction of sp³-hybridized carbons (Fsp3) is 0.429. The molecule has 0 atom stereocenters. The second-order valence-electron chi connectivity index (χ2n) is 5.14. The Morgan fingerprint density at radius 1 is 1.26 bits per heavy atom. The third-order valence-electron chi connectivity index (χ3n) is 3.57. The van der Waals surface area contributed by atoms with E-state index < -0.39 is 31.3 Å². The minimum atomic E-state index is -3.99. The summed E-state index contributed by atoms with van der Waals surface area (Å²) in [6.07, 6.45) is 5.84. The van der Waals surface area contributed by atoms with Crippen molar-refractivity contribution < 1.29 is 17.7 Å². The highest BCUT2D eigenvalue weighted by Crippen LogP contribution is 2.23. The van der Waals surface area contributed by atoms with Gasteiger partial charge in [0.1, 0.15) is 5.82 Å². The summed E-state index contributed by atoms with van der Waals surface area (Å²) in [6.45, 7) is 2.02. The maximum atomic E-state index is 13.5. The predicted octanol–water partition coefficient (Wildman–Crippen LogP) is 1.06. The Kier molecular flexibility index (Phi) is 5.30. The zero-order chi connectivity index (χ0) is 17.0. The van der Waals surface area contributed by atoms with Gasteiger partial charge in [0.15, 0.2) is 0 Å². The molecule has 1 aromatic rings. The molecule has 0 amide bonds. The van der Waals surface area contributed by atoms with Crippen LogP contribution >= 0.6 is 0 Å². The topological polar surface area (TPSA) is 83.8 Å². The quantitative estimate of drug-likeness (QED) is 0.465. The Labute approximate surface area is 133 Å². The maximum Gasteiger partial charge on any atom is 0.273 e. The first-order chi connectivity index (χ1) is 10.8. The molecule has 0 aromatic heterocycles. The van der Waals surface area contributed by atoms with E-state index >= 15 is 0 Å². The first kappa shape index (κ1) is 17.3. The second-order valence-corrected chi connectivity index (χ2v) is 7.08. The number of sulfonamides is 1. The Morgan fingerprint density at radius 3 is 2.65 bits per heavy atom. The summed E-state index contributed by atoms with van der Waals surface area (Å²) in [5.41, 5.74) is -0.590. The van der Waals surface area contributed by atoms with E-state index in [1.807, 2.05) is 4.90 Å². The molecule has 2 rings (SSSR count). The molecule has 0 aliphatic carbocycles. The molecule has 124 valence electrons. The van der Waals surface area contributed by atoms with Crippen LogP contribution in [0.2, 0.25) is 0 Å². The SMILES string of the molecule is C#CCN1CCCN(S(=O)(=O)c2cc(F)cc([N+](=O)[O-])c2)CC1. The van der Waals surface area contributed by atoms with Gasteiger partial charge >= 0.3 is 0 Å². The normalized spacial score (nSPS) is 17.4. The number of rotatable bonds is 4. The van der Waals surface area contributed by atoms with Crippen molar-refractivity contribution in [1.29, 1.82) is 0 Å². The number of nitrogens with zero attached hydrogens (tertiary/aromatic N) is 3. The molecule has 9 heteroatoms. The van der Waals surface area contributed by atoms with Gasteiger partial charge in [-0.1, -0.05) is 5.92 Å². The van der Waals surface area contributed by atoms with Crippen LogP contribution in [-0.4, -0.2) is 55.3 Å².